The number of nitrogens with zero attached hydrogens (tertiary/aromatic N) is 1. The normalized spacial score (nSPS) is 10.9. The van der Waals surface area contributed by atoms with Crippen LogP contribution in [0.2, 0.25) is 0 Å². The number of hydrogen-bond donors (Lipinski definition) is 1. The summed E-state index contributed by atoms with van der Waals surface area (Å²) in [6.45, 7) is 3.69. The van der Waals surface area contributed by atoms with Crippen molar-refractivity contribution in [3.63, 3.8) is 0 Å². The lowest BCUT2D eigenvalue weighted by Crippen LogP contribution is -2.26. The van der Waals surface area contributed by atoms with Crippen LogP contribution in [-0.2, 0) is 14.8 Å². The minimum absolute atomic E-state index is 0.0291. The molecule has 10 heteroatoms. The lowest BCUT2D eigenvalue weighted by Gasteiger charge is -2.20. The summed E-state index contributed by atoms with van der Waals surface area (Å²) >= 11 is 0. The number of methoxy groups -OCH3 is 2. The quantitative estimate of drug-likeness (QED) is 0.426. The van der Waals surface area contributed by atoms with Crippen molar-refractivity contribution in [1.82, 2.24) is 0 Å². The molecule has 9 nitrogen and oxygen atoms in total. The van der Waals surface area contributed by atoms with E-state index in [1.807, 2.05) is 0 Å². The fourth-order valence-corrected chi connectivity index (χ4v) is 4.70. The molecule has 3 rings (SSSR count). The second-order valence-electron chi connectivity index (χ2n) is 7.69. The molecule has 3 aromatic rings. The Balaban J connectivity index is 1.80. The van der Waals surface area contributed by atoms with E-state index in [0.717, 1.165) is 4.31 Å². The predicted molar refractivity (Wildman–Crippen MR) is 137 cm³/mol. The first-order chi connectivity index (χ1) is 17.1. The number of amides is 1. The number of carbonyl (C=O) groups is 2. The summed E-state index contributed by atoms with van der Waals surface area (Å²) < 4.78 is 42.8. The standard InChI is InChI=1S/C26H28N2O7S/c1-6-35-26(30)21-8-7-9-22(17(21)2)27-25(29)18-10-12-19(13-11-18)28(3)36(31,32)20-14-15-23(33-4)24(16-20)34-5/h7-16H,6H2,1-5H3,(H,27,29). The summed E-state index contributed by atoms with van der Waals surface area (Å²) in [6, 6.07) is 15.4. The minimum Gasteiger partial charge on any atom is -0.493 e. The van der Waals surface area contributed by atoms with Crippen molar-refractivity contribution in [2.75, 3.05) is 37.5 Å². The first-order valence-corrected chi connectivity index (χ1v) is 12.5. The van der Waals surface area contributed by atoms with Gasteiger partial charge in [0.05, 0.1) is 37.0 Å². The average Bonchev–Trinajstić information content (AvgIpc) is 2.89. The van der Waals surface area contributed by atoms with E-state index in [-0.39, 0.29) is 11.5 Å². The Bertz CT molecular complexity index is 1370. The van der Waals surface area contributed by atoms with Gasteiger partial charge in [0, 0.05) is 24.4 Å². The third kappa shape index (κ3) is 5.44. The summed E-state index contributed by atoms with van der Waals surface area (Å²) in [5.74, 6) is -0.163. The van der Waals surface area contributed by atoms with Crippen molar-refractivity contribution in [2.24, 2.45) is 0 Å². The Hall–Kier alpha value is -4.05. The Morgan fingerprint density at radius 2 is 1.61 bits per heavy atom. The summed E-state index contributed by atoms with van der Waals surface area (Å²) in [5, 5.41) is 2.79. The number of hydrogen-bond acceptors (Lipinski definition) is 7. The van der Waals surface area contributed by atoms with E-state index in [4.69, 9.17) is 14.2 Å². The van der Waals surface area contributed by atoms with Gasteiger partial charge in [0.25, 0.3) is 15.9 Å². The fraction of sp³-hybridized carbons (Fsp3) is 0.231. The van der Waals surface area contributed by atoms with Gasteiger partial charge in [-0.2, -0.15) is 0 Å². The molecule has 0 aromatic heterocycles. The van der Waals surface area contributed by atoms with Gasteiger partial charge in [-0.15, -0.1) is 0 Å². The average molecular weight is 513 g/mol. The third-order valence-corrected chi connectivity index (χ3v) is 7.37. The Kier molecular flexibility index (Phi) is 8.21. The molecule has 3 aromatic carbocycles. The lowest BCUT2D eigenvalue weighted by molar-refractivity contribution is 0.0525. The van der Waals surface area contributed by atoms with Crippen LogP contribution in [0, 0.1) is 6.92 Å². The number of nitrogens with one attached hydrogen (secondary N) is 1. The van der Waals surface area contributed by atoms with Crippen molar-refractivity contribution in [2.45, 2.75) is 18.7 Å². The van der Waals surface area contributed by atoms with E-state index < -0.39 is 21.9 Å². The lowest BCUT2D eigenvalue weighted by atomic mass is 10.1. The SMILES string of the molecule is CCOC(=O)c1cccc(NC(=O)c2ccc(N(C)S(=O)(=O)c3ccc(OC)c(OC)c3)cc2)c1C. The number of benzene rings is 3. The maximum absolute atomic E-state index is 13.1. The fourth-order valence-electron chi connectivity index (χ4n) is 3.49. The largest absolute Gasteiger partial charge is 0.493 e. The van der Waals surface area contributed by atoms with E-state index in [9.17, 15) is 18.0 Å². The van der Waals surface area contributed by atoms with Crippen molar-refractivity contribution in [3.8, 4) is 11.5 Å². The van der Waals surface area contributed by atoms with Gasteiger partial charge >= 0.3 is 5.97 Å². The third-order valence-electron chi connectivity index (χ3n) is 5.58. The van der Waals surface area contributed by atoms with E-state index >= 15 is 0 Å². The van der Waals surface area contributed by atoms with Crippen LogP contribution in [0.3, 0.4) is 0 Å². The maximum Gasteiger partial charge on any atom is 0.338 e. The first-order valence-electron chi connectivity index (χ1n) is 11.0. The summed E-state index contributed by atoms with van der Waals surface area (Å²) in [7, 11) is 0.414. The number of anilines is 2. The molecular weight excluding hydrogens is 484 g/mol. The predicted octanol–water partition coefficient (Wildman–Crippen LogP) is 4.27. The number of sulfonamides is 1. The number of carbonyl (C=O) groups excluding carboxylic acids is 2. The zero-order valence-corrected chi connectivity index (χ0v) is 21.5. The zero-order chi connectivity index (χ0) is 26.5. The molecule has 0 saturated carbocycles. The van der Waals surface area contributed by atoms with Crippen LogP contribution < -0.4 is 19.1 Å². The van der Waals surface area contributed by atoms with Gasteiger partial charge in [0.1, 0.15) is 0 Å². The number of ether oxygens (including phenoxy) is 3. The van der Waals surface area contributed by atoms with Crippen LogP contribution in [0.1, 0.15) is 33.2 Å². The van der Waals surface area contributed by atoms with Crippen molar-refractivity contribution >= 4 is 33.3 Å². The van der Waals surface area contributed by atoms with E-state index in [1.54, 1.807) is 32.0 Å². The molecule has 0 atom stereocenters. The molecule has 0 spiro atoms. The zero-order valence-electron chi connectivity index (χ0n) is 20.7. The van der Waals surface area contributed by atoms with Gasteiger partial charge in [-0.3, -0.25) is 9.10 Å². The number of esters is 1. The van der Waals surface area contributed by atoms with E-state index in [2.05, 4.69) is 5.32 Å². The molecule has 36 heavy (non-hydrogen) atoms. The van der Waals surface area contributed by atoms with Crippen LogP contribution in [0.15, 0.2) is 65.6 Å². The van der Waals surface area contributed by atoms with Crippen LogP contribution in [0.4, 0.5) is 11.4 Å². The second-order valence-corrected chi connectivity index (χ2v) is 9.66. The molecule has 0 heterocycles. The molecule has 1 N–H and O–H groups in total. The monoisotopic (exact) mass is 512 g/mol. The Morgan fingerprint density at radius 3 is 2.22 bits per heavy atom. The first kappa shape index (κ1) is 26.6. The minimum atomic E-state index is -3.90. The molecule has 0 bridgehead atoms. The van der Waals surface area contributed by atoms with Gasteiger partial charge < -0.3 is 19.5 Å². The molecule has 0 unspecified atom stereocenters. The molecule has 1 amide bonds. The Morgan fingerprint density at radius 1 is 0.944 bits per heavy atom. The van der Waals surface area contributed by atoms with Crippen LogP contribution in [-0.4, -0.2) is 48.2 Å². The van der Waals surface area contributed by atoms with Gasteiger partial charge in [-0.1, -0.05) is 6.07 Å². The van der Waals surface area contributed by atoms with Gasteiger partial charge in [-0.05, 0) is 67.9 Å². The molecule has 190 valence electrons. The van der Waals surface area contributed by atoms with Crippen LogP contribution >= 0.6 is 0 Å². The molecule has 0 saturated heterocycles. The summed E-state index contributed by atoms with van der Waals surface area (Å²) in [4.78, 5) is 25.0. The van der Waals surface area contributed by atoms with Crippen LogP contribution in [0.5, 0.6) is 11.5 Å². The molecule has 0 aliphatic carbocycles. The summed E-state index contributed by atoms with van der Waals surface area (Å²) in [5.41, 5.74) is 2.11. The van der Waals surface area contributed by atoms with Crippen molar-refractivity contribution in [1.29, 1.82) is 0 Å². The molecule has 0 fully saturated rings. The Labute approximate surface area is 210 Å². The smallest absolute Gasteiger partial charge is 0.338 e. The van der Waals surface area contributed by atoms with Gasteiger partial charge in [-0.25, -0.2) is 13.2 Å². The van der Waals surface area contributed by atoms with E-state index in [1.165, 1.54) is 63.7 Å². The number of rotatable bonds is 9. The molecule has 0 aliphatic rings. The molecular formula is C26H28N2O7S. The van der Waals surface area contributed by atoms with Gasteiger partial charge in [0.15, 0.2) is 11.5 Å². The molecule has 0 radical (unpaired) electrons. The highest BCUT2D eigenvalue weighted by Gasteiger charge is 2.23. The van der Waals surface area contributed by atoms with Gasteiger partial charge in [0.2, 0.25) is 0 Å². The van der Waals surface area contributed by atoms with Crippen molar-refractivity contribution < 1.29 is 32.2 Å². The van der Waals surface area contributed by atoms with Crippen molar-refractivity contribution in [3.05, 3.63) is 77.4 Å². The van der Waals surface area contributed by atoms with E-state index in [0.29, 0.717) is 39.6 Å². The molecule has 0 aliphatic heterocycles. The van der Waals surface area contributed by atoms with Crippen LogP contribution in [0.25, 0.3) is 0 Å². The highest BCUT2D eigenvalue weighted by Crippen LogP contribution is 2.31. The highest BCUT2D eigenvalue weighted by atomic mass is 32.2. The summed E-state index contributed by atoms with van der Waals surface area (Å²) in [6.07, 6.45) is 0. The maximum atomic E-state index is 13.1. The topological polar surface area (TPSA) is 111 Å². The highest BCUT2D eigenvalue weighted by molar-refractivity contribution is 7.92. The second kappa shape index (κ2) is 11.1.